The average Bonchev–Trinajstić information content (AvgIpc) is 2.37. The highest BCUT2D eigenvalue weighted by Crippen LogP contribution is 2.26. The molecule has 0 aliphatic heterocycles. The van der Waals surface area contributed by atoms with Crippen LogP contribution in [0.15, 0.2) is 48.5 Å². The Hall–Kier alpha value is -1.60. The molecule has 0 bridgehead atoms. The van der Waals surface area contributed by atoms with Crippen LogP contribution in [0.25, 0.3) is 11.1 Å². The largest absolute Gasteiger partial charge is 0.305 e. The minimum absolute atomic E-state index is 0.214. The fourth-order valence-electron chi connectivity index (χ4n) is 2.38. The summed E-state index contributed by atoms with van der Waals surface area (Å²) in [5.41, 5.74) is 5.53. The quantitative estimate of drug-likeness (QED) is 0.778. The van der Waals surface area contributed by atoms with Gasteiger partial charge in [0.2, 0.25) is 0 Å². The lowest BCUT2D eigenvalue weighted by Crippen LogP contribution is -2.10. The third-order valence-electron chi connectivity index (χ3n) is 3.51. The standard InChI is InChI=1S/C19H25N/c1-19(2,3)18-11-9-16(10-12-18)17-8-6-7-15(13-17)14-20(4)5/h6-13H,14H2,1-5H3. The zero-order valence-electron chi connectivity index (χ0n) is 13.3. The van der Waals surface area contributed by atoms with Crippen LogP contribution in [-0.2, 0) is 12.0 Å². The lowest BCUT2D eigenvalue weighted by atomic mass is 9.86. The van der Waals surface area contributed by atoms with Gasteiger partial charge in [-0.25, -0.2) is 0 Å². The SMILES string of the molecule is CN(C)Cc1cccc(-c2ccc(C(C)(C)C)cc2)c1. The molecule has 1 nitrogen and oxygen atoms in total. The second-order valence-electron chi connectivity index (χ2n) is 6.77. The molecule has 0 unspecified atom stereocenters. The number of benzene rings is 2. The van der Waals surface area contributed by atoms with Crippen LogP contribution in [0.2, 0.25) is 0 Å². The highest BCUT2D eigenvalue weighted by molar-refractivity contribution is 5.64. The van der Waals surface area contributed by atoms with Crippen LogP contribution >= 0.6 is 0 Å². The molecule has 20 heavy (non-hydrogen) atoms. The summed E-state index contributed by atoms with van der Waals surface area (Å²) in [5.74, 6) is 0. The van der Waals surface area contributed by atoms with Crippen LogP contribution < -0.4 is 0 Å². The second kappa shape index (κ2) is 5.80. The van der Waals surface area contributed by atoms with E-state index in [1.807, 2.05) is 0 Å². The van der Waals surface area contributed by atoms with Crippen LogP contribution in [-0.4, -0.2) is 19.0 Å². The predicted octanol–water partition coefficient (Wildman–Crippen LogP) is 4.71. The summed E-state index contributed by atoms with van der Waals surface area (Å²) in [6, 6.07) is 17.8. The number of hydrogen-bond donors (Lipinski definition) is 0. The van der Waals surface area contributed by atoms with E-state index in [0.29, 0.717) is 0 Å². The molecule has 0 N–H and O–H groups in total. The molecule has 2 rings (SSSR count). The van der Waals surface area contributed by atoms with Crippen molar-refractivity contribution in [3.05, 3.63) is 59.7 Å². The maximum Gasteiger partial charge on any atom is 0.0227 e. The van der Waals surface area contributed by atoms with Crippen molar-refractivity contribution < 1.29 is 0 Å². The molecule has 0 saturated carbocycles. The fraction of sp³-hybridized carbons (Fsp3) is 0.368. The van der Waals surface area contributed by atoms with E-state index in [4.69, 9.17) is 0 Å². The minimum Gasteiger partial charge on any atom is -0.305 e. The Morgan fingerprint density at radius 1 is 0.850 bits per heavy atom. The molecule has 2 aromatic carbocycles. The zero-order valence-corrected chi connectivity index (χ0v) is 13.3. The Morgan fingerprint density at radius 2 is 1.50 bits per heavy atom. The monoisotopic (exact) mass is 267 g/mol. The van der Waals surface area contributed by atoms with Gasteiger partial charge in [-0.05, 0) is 47.8 Å². The summed E-state index contributed by atoms with van der Waals surface area (Å²) in [5, 5.41) is 0. The lowest BCUT2D eigenvalue weighted by molar-refractivity contribution is 0.402. The summed E-state index contributed by atoms with van der Waals surface area (Å²) in [6.45, 7) is 7.73. The number of hydrogen-bond acceptors (Lipinski definition) is 1. The van der Waals surface area contributed by atoms with E-state index in [-0.39, 0.29) is 5.41 Å². The van der Waals surface area contributed by atoms with Crippen LogP contribution in [0, 0.1) is 0 Å². The Kier molecular flexibility index (Phi) is 4.29. The topological polar surface area (TPSA) is 3.24 Å². The van der Waals surface area contributed by atoms with Crippen LogP contribution in [0.3, 0.4) is 0 Å². The zero-order chi connectivity index (χ0) is 14.8. The Bertz CT molecular complexity index is 559. The van der Waals surface area contributed by atoms with Gasteiger partial charge in [-0.1, -0.05) is 63.2 Å². The van der Waals surface area contributed by atoms with Gasteiger partial charge >= 0.3 is 0 Å². The van der Waals surface area contributed by atoms with E-state index >= 15 is 0 Å². The first kappa shape index (κ1) is 14.8. The molecule has 0 aliphatic carbocycles. The third kappa shape index (κ3) is 3.71. The molecular formula is C19H25N. The third-order valence-corrected chi connectivity index (χ3v) is 3.51. The summed E-state index contributed by atoms with van der Waals surface area (Å²) in [7, 11) is 4.20. The molecule has 2 aromatic rings. The first-order chi connectivity index (χ1) is 9.36. The average molecular weight is 267 g/mol. The van der Waals surface area contributed by atoms with Gasteiger partial charge in [0.25, 0.3) is 0 Å². The van der Waals surface area contributed by atoms with Crippen molar-refractivity contribution in [2.75, 3.05) is 14.1 Å². The Balaban J connectivity index is 2.28. The van der Waals surface area contributed by atoms with Crippen molar-refractivity contribution >= 4 is 0 Å². The van der Waals surface area contributed by atoms with Gasteiger partial charge in [-0.3, -0.25) is 0 Å². The molecule has 0 aromatic heterocycles. The molecular weight excluding hydrogens is 242 g/mol. The van der Waals surface area contributed by atoms with E-state index in [9.17, 15) is 0 Å². The highest BCUT2D eigenvalue weighted by atomic mass is 15.0. The van der Waals surface area contributed by atoms with Crippen molar-refractivity contribution in [1.82, 2.24) is 4.90 Å². The molecule has 0 radical (unpaired) electrons. The number of rotatable bonds is 3. The van der Waals surface area contributed by atoms with E-state index in [0.717, 1.165) is 6.54 Å². The summed E-state index contributed by atoms with van der Waals surface area (Å²) in [4.78, 5) is 2.20. The molecule has 106 valence electrons. The van der Waals surface area contributed by atoms with Crippen LogP contribution in [0.1, 0.15) is 31.9 Å². The fourth-order valence-corrected chi connectivity index (χ4v) is 2.38. The van der Waals surface area contributed by atoms with E-state index in [1.54, 1.807) is 0 Å². The van der Waals surface area contributed by atoms with Gasteiger partial charge in [0.15, 0.2) is 0 Å². The van der Waals surface area contributed by atoms with Crippen molar-refractivity contribution in [3.63, 3.8) is 0 Å². The first-order valence-electron chi connectivity index (χ1n) is 7.21. The van der Waals surface area contributed by atoms with Crippen LogP contribution in [0.5, 0.6) is 0 Å². The highest BCUT2D eigenvalue weighted by Gasteiger charge is 2.13. The molecule has 0 saturated heterocycles. The molecule has 0 spiro atoms. The van der Waals surface area contributed by atoms with E-state index in [1.165, 1.54) is 22.3 Å². The van der Waals surface area contributed by atoms with Gasteiger partial charge in [-0.2, -0.15) is 0 Å². The van der Waals surface area contributed by atoms with Gasteiger partial charge in [0.1, 0.15) is 0 Å². The smallest absolute Gasteiger partial charge is 0.0227 e. The molecule has 0 atom stereocenters. The van der Waals surface area contributed by atoms with Crippen molar-refractivity contribution in [3.8, 4) is 11.1 Å². The van der Waals surface area contributed by atoms with Gasteiger partial charge in [0, 0.05) is 6.54 Å². The Labute approximate surface area is 123 Å². The normalized spacial score (nSPS) is 11.9. The molecule has 0 aliphatic rings. The molecule has 0 fully saturated rings. The van der Waals surface area contributed by atoms with Gasteiger partial charge in [-0.15, -0.1) is 0 Å². The second-order valence-corrected chi connectivity index (χ2v) is 6.77. The van der Waals surface area contributed by atoms with Crippen LogP contribution in [0.4, 0.5) is 0 Å². The molecule has 0 amide bonds. The molecule has 1 heteroatoms. The Morgan fingerprint density at radius 3 is 2.05 bits per heavy atom. The molecule has 0 heterocycles. The maximum absolute atomic E-state index is 2.28. The van der Waals surface area contributed by atoms with Crippen molar-refractivity contribution in [2.45, 2.75) is 32.7 Å². The first-order valence-corrected chi connectivity index (χ1v) is 7.21. The maximum atomic E-state index is 2.28. The van der Waals surface area contributed by atoms with E-state index < -0.39 is 0 Å². The summed E-state index contributed by atoms with van der Waals surface area (Å²) < 4.78 is 0. The van der Waals surface area contributed by atoms with E-state index in [2.05, 4.69) is 88.3 Å². The summed E-state index contributed by atoms with van der Waals surface area (Å²) >= 11 is 0. The lowest BCUT2D eigenvalue weighted by Gasteiger charge is -2.19. The predicted molar refractivity (Wildman–Crippen MR) is 88.0 cm³/mol. The van der Waals surface area contributed by atoms with Gasteiger partial charge in [0.05, 0.1) is 0 Å². The van der Waals surface area contributed by atoms with Gasteiger partial charge < -0.3 is 4.90 Å². The number of nitrogens with zero attached hydrogens (tertiary/aromatic N) is 1. The van der Waals surface area contributed by atoms with Crippen molar-refractivity contribution in [2.24, 2.45) is 0 Å². The minimum atomic E-state index is 0.214. The van der Waals surface area contributed by atoms with Crippen molar-refractivity contribution in [1.29, 1.82) is 0 Å². The summed E-state index contributed by atoms with van der Waals surface area (Å²) in [6.07, 6.45) is 0.